The molecule has 19 heavy (non-hydrogen) atoms. The lowest BCUT2D eigenvalue weighted by Crippen LogP contribution is -2.23. The van der Waals surface area contributed by atoms with Crippen LogP contribution in [0.1, 0.15) is 71.1 Å². The molecule has 0 heterocycles. The van der Waals surface area contributed by atoms with Crippen molar-refractivity contribution >= 4 is 20.0 Å². The molecular formula is C14H31NO2S2. The Labute approximate surface area is 124 Å². The zero-order chi connectivity index (χ0) is 14.4. The highest BCUT2D eigenvalue weighted by Gasteiger charge is 1.98. The van der Waals surface area contributed by atoms with Crippen molar-refractivity contribution in [3.63, 3.8) is 0 Å². The first-order valence-electron chi connectivity index (χ1n) is 7.72. The predicted molar refractivity (Wildman–Crippen MR) is 87.7 cm³/mol. The van der Waals surface area contributed by atoms with Crippen LogP contribution in [0, 0.1) is 0 Å². The summed E-state index contributed by atoms with van der Waals surface area (Å²) in [6.45, 7) is 3.74. The average Bonchev–Trinajstić information content (AvgIpc) is 2.34. The lowest BCUT2D eigenvalue weighted by Gasteiger charge is -2.04. The molecule has 0 aromatic carbocycles. The van der Waals surface area contributed by atoms with E-state index < -0.39 is 8.77 Å². The number of unbranched alkanes of at least 4 members (excludes halogenated alkanes) is 9. The molecule has 2 N–H and O–H groups in total. The summed E-state index contributed by atoms with van der Waals surface area (Å²) in [4.78, 5) is 0. The molecule has 116 valence electrons. The smallest absolute Gasteiger partial charge is 0.142 e. The van der Waals surface area contributed by atoms with E-state index in [2.05, 4.69) is 23.4 Å². The summed E-state index contributed by atoms with van der Waals surface area (Å²) in [5, 5.41) is 3.16. The van der Waals surface area contributed by atoms with Crippen molar-refractivity contribution in [2.45, 2.75) is 71.1 Å². The van der Waals surface area contributed by atoms with Gasteiger partial charge in [0.05, 0.1) is 5.75 Å². The van der Waals surface area contributed by atoms with Crippen LogP contribution in [0.5, 0.6) is 0 Å². The monoisotopic (exact) mass is 309 g/mol. The molecule has 0 aliphatic carbocycles. The minimum absolute atomic E-state index is 0.181. The number of hydrogen-bond donors (Lipinski definition) is 2. The molecular weight excluding hydrogens is 278 g/mol. The summed E-state index contributed by atoms with van der Waals surface area (Å²) >= 11 is 4.41. The Morgan fingerprint density at radius 2 is 1.37 bits per heavy atom. The molecule has 0 spiro atoms. The lowest BCUT2D eigenvalue weighted by molar-refractivity contribution is 0.541. The Balaban J connectivity index is 3.03. The molecule has 0 aromatic heterocycles. The minimum atomic E-state index is -2.97. The van der Waals surface area contributed by atoms with Gasteiger partial charge in [-0.3, -0.25) is 0 Å². The molecule has 0 saturated carbocycles. The summed E-state index contributed by atoms with van der Waals surface area (Å²) < 4.78 is 19.7. The van der Waals surface area contributed by atoms with Gasteiger partial charge in [0.25, 0.3) is 0 Å². The van der Waals surface area contributed by atoms with Gasteiger partial charge in [-0.05, 0) is 13.0 Å². The van der Waals surface area contributed by atoms with E-state index in [-0.39, 0.29) is 5.75 Å². The van der Waals surface area contributed by atoms with Gasteiger partial charge in [0, 0.05) is 17.7 Å². The van der Waals surface area contributed by atoms with Crippen LogP contribution in [0.3, 0.4) is 0 Å². The Morgan fingerprint density at radius 3 is 1.84 bits per heavy atom. The van der Waals surface area contributed by atoms with E-state index in [0.717, 1.165) is 13.0 Å². The molecule has 1 unspecified atom stereocenters. The van der Waals surface area contributed by atoms with Crippen molar-refractivity contribution in [3.8, 4) is 0 Å². The van der Waals surface area contributed by atoms with Crippen molar-refractivity contribution in [1.29, 1.82) is 0 Å². The van der Waals surface area contributed by atoms with E-state index in [1.165, 1.54) is 57.8 Å². The number of hydrogen-bond acceptors (Lipinski definition) is 3. The van der Waals surface area contributed by atoms with Crippen LogP contribution in [-0.4, -0.2) is 27.6 Å². The average molecular weight is 310 g/mol. The van der Waals surface area contributed by atoms with Crippen LogP contribution >= 0.6 is 0 Å². The van der Waals surface area contributed by atoms with Crippen molar-refractivity contribution in [1.82, 2.24) is 5.32 Å². The van der Waals surface area contributed by atoms with Crippen LogP contribution in [0.2, 0.25) is 0 Å². The molecule has 0 aliphatic rings. The highest BCUT2D eigenvalue weighted by molar-refractivity contribution is 8.29. The zero-order valence-corrected chi connectivity index (χ0v) is 14.0. The molecule has 0 bridgehead atoms. The van der Waals surface area contributed by atoms with E-state index in [9.17, 15) is 4.21 Å². The summed E-state index contributed by atoms with van der Waals surface area (Å²) in [7, 11) is -2.97. The molecule has 0 radical (unpaired) electrons. The zero-order valence-electron chi connectivity index (χ0n) is 12.4. The molecule has 3 nitrogen and oxygen atoms in total. The fourth-order valence-corrected chi connectivity index (χ4v) is 2.72. The maximum Gasteiger partial charge on any atom is 0.142 e. The van der Waals surface area contributed by atoms with Gasteiger partial charge in [-0.15, -0.1) is 0 Å². The first-order chi connectivity index (χ1) is 9.06. The highest BCUT2D eigenvalue weighted by Crippen LogP contribution is 2.10. The van der Waals surface area contributed by atoms with Gasteiger partial charge >= 0.3 is 0 Å². The Kier molecular flexibility index (Phi) is 13.5. The molecule has 0 rings (SSSR count). The molecule has 1 atom stereocenters. The van der Waals surface area contributed by atoms with Gasteiger partial charge in [-0.1, -0.05) is 64.7 Å². The van der Waals surface area contributed by atoms with Gasteiger partial charge in [-0.2, -0.15) is 0 Å². The second-order valence-corrected chi connectivity index (χ2v) is 8.35. The normalized spacial score (nSPS) is 14.4. The quantitative estimate of drug-likeness (QED) is 0.480. The Morgan fingerprint density at radius 1 is 0.895 bits per heavy atom. The van der Waals surface area contributed by atoms with Crippen molar-refractivity contribution in [2.75, 3.05) is 18.8 Å². The van der Waals surface area contributed by atoms with E-state index in [4.69, 9.17) is 4.55 Å². The van der Waals surface area contributed by atoms with Gasteiger partial charge in [-0.25, -0.2) is 4.21 Å². The first kappa shape index (κ1) is 19.3. The standard InChI is InChI=1S/C14H31NO2S2/c1-2-3-4-5-6-7-8-9-10-11-12-15-13-14-19(16,17)18/h15H,2-14H2,1H3,(H,16,17,18). The maximum absolute atomic E-state index is 10.8. The molecule has 0 aromatic rings. The van der Waals surface area contributed by atoms with E-state index in [1.54, 1.807) is 0 Å². The van der Waals surface area contributed by atoms with Gasteiger partial charge in [0.1, 0.15) is 8.77 Å². The van der Waals surface area contributed by atoms with Crippen molar-refractivity contribution in [2.24, 2.45) is 0 Å². The Hall–Kier alpha value is 0.290. The summed E-state index contributed by atoms with van der Waals surface area (Å²) in [5.74, 6) is 0.181. The largest absolute Gasteiger partial charge is 0.316 e. The third-order valence-electron chi connectivity index (χ3n) is 3.24. The lowest BCUT2D eigenvalue weighted by atomic mass is 10.1. The molecule has 0 saturated heterocycles. The van der Waals surface area contributed by atoms with E-state index in [0.29, 0.717) is 6.54 Å². The topological polar surface area (TPSA) is 49.3 Å². The van der Waals surface area contributed by atoms with Gasteiger partial charge in [0.2, 0.25) is 0 Å². The van der Waals surface area contributed by atoms with Crippen LogP contribution in [0.25, 0.3) is 0 Å². The van der Waals surface area contributed by atoms with Crippen LogP contribution in [-0.2, 0) is 20.0 Å². The van der Waals surface area contributed by atoms with Crippen LogP contribution in [0.4, 0.5) is 0 Å². The third kappa shape index (κ3) is 18.3. The summed E-state index contributed by atoms with van der Waals surface area (Å²) in [6.07, 6.45) is 13.3. The number of rotatable bonds is 14. The third-order valence-corrected chi connectivity index (χ3v) is 4.46. The number of nitrogens with one attached hydrogen (secondary N) is 1. The second-order valence-electron chi connectivity index (χ2n) is 5.22. The van der Waals surface area contributed by atoms with Crippen LogP contribution < -0.4 is 5.32 Å². The second kappa shape index (κ2) is 13.3. The maximum atomic E-state index is 10.8. The first-order valence-corrected chi connectivity index (χ1v) is 10.3. The minimum Gasteiger partial charge on any atom is -0.316 e. The molecule has 0 fully saturated rings. The predicted octanol–water partition coefficient (Wildman–Crippen LogP) is 3.72. The van der Waals surface area contributed by atoms with Crippen molar-refractivity contribution < 1.29 is 8.76 Å². The SMILES string of the molecule is CCCCCCCCCCCCNCCS(=O)(O)=S. The fraction of sp³-hybridized carbons (Fsp3) is 1.00. The molecule has 0 amide bonds. The van der Waals surface area contributed by atoms with Crippen molar-refractivity contribution in [3.05, 3.63) is 0 Å². The van der Waals surface area contributed by atoms with Crippen LogP contribution in [0.15, 0.2) is 0 Å². The van der Waals surface area contributed by atoms with E-state index in [1.807, 2.05) is 0 Å². The van der Waals surface area contributed by atoms with Gasteiger partial charge in [0.15, 0.2) is 0 Å². The highest BCUT2D eigenvalue weighted by atomic mass is 32.8. The van der Waals surface area contributed by atoms with E-state index >= 15 is 0 Å². The summed E-state index contributed by atoms with van der Waals surface area (Å²) in [5.41, 5.74) is 0. The fourth-order valence-electron chi connectivity index (χ4n) is 2.06. The molecule has 0 aliphatic heterocycles. The Bertz CT molecular complexity index is 279. The summed E-state index contributed by atoms with van der Waals surface area (Å²) in [6, 6.07) is 0. The molecule has 5 heteroatoms. The van der Waals surface area contributed by atoms with Gasteiger partial charge < -0.3 is 9.87 Å².